The maximum Gasteiger partial charge on any atom is 0.214 e. The van der Waals surface area contributed by atoms with Crippen LogP contribution in [0.1, 0.15) is 47.2 Å². The molecular weight excluding hydrogens is 276 g/mol. The molecule has 2 aromatic heterocycles. The van der Waals surface area contributed by atoms with Crippen molar-refractivity contribution in [3.8, 4) is 0 Å². The number of aromatic nitrogens is 2. The summed E-state index contributed by atoms with van der Waals surface area (Å²) in [5.41, 5.74) is 2.57. The van der Waals surface area contributed by atoms with Gasteiger partial charge in [-0.2, -0.15) is 0 Å². The van der Waals surface area contributed by atoms with Gasteiger partial charge in [0.05, 0.1) is 18.1 Å². The second-order valence-corrected chi connectivity index (χ2v) is 5.58. The standard InChI is InChI=1S/C15H19ClN2O2/c1-5-12-7-17-14(20-12)8-18-9(2)6-13(11(18)4)15(19)10(3)16/h6-7,10H,5,8H2,1-4H3. The fourth-order valence-corrected chi connectivity index (χ4v) is 2.35. The first-order valence-corrected chi connectivity index (χ1v) is 7.16. The summed E-state index contributed by atoms with van der Waals surface area (Å²) in [4.78, 5) is 16.3. The van der Waals surface area contributed by atoms with E-state index in [0.717, 1.165) is 23.6 Å². The summed E-state index contributed by atoms with van der Waals surface area (Å²) in [5, 5.41) is -0.516. The van der Waals surface area contributed by atoms with E-state index in [9.17, 15) is 4.79 Å². The van der Waals surface area contributed by atoms with E-state index < -0.39 is 5.38 Å². The number of oxazole rings is 1. The van der Waals surface area contributed by atoms with Gasteiger partial charge in [-0.3, -0.25) is 4.79 Å². The number of hydrogen-bond donors (Lipinski definition) is 0. The Morgan fingerprint density at radius 3 is 2.75 bits per heavy atom. The minimum absolute atomic E-state index is 0.0485. The van der Waals surface area contributed by atoms with Gasteiger partial charge in [0.1, 0.15) is 5.76 Å². The van der Waals surface area contributed by atoms with Crippen molar-refractivity contribution in [3.63, 3.8) is 0 Å². The lowest BCUT2D eigenvalue weighted by atomic mass is 10.1. The zero-order valence-corrected chi connectivity index (χ0v) is 13.0. The van der Waals surface area contributed by atoms with Crippen LogP contribution in [0.5, 0.6) is 0 Å². The molecule has 0 aliphatic rings. The van der Waals surface area contributed by atoms with Gasteiger partial charge in [0.25, 0.3) is 0 Å². The van der Waals surface area contributed by atoms with Crippen molar-refractivity contribution in [1.29, 1.82) is 0 Å². The molecule has 1 unspecified atom stereocenters. The molecule has 20 heavy (non-hydrogen) atoms. The predicted octanol–water partition coefficient (Wildman–Crippen LogP) is 3.51. The summed E-state index contributed by atoms with van der Waals surface area (Å²) in [6.45, 7) is 8.13. The molecule has 0 radical (unpaired) electrons. The number of carbonyl (C=O) groups excluding carboxylic acids is 1. The highest BCUT2D eigenvalue weighted by Gasteiger charge is 2.20. The lowest BCUT2D eigenvalue weighted by Gasteiger charge is -2.07. The van der Waals surface area contributed by atoms with Gasteiger partial charge >= 0.3 is 0 Å². The Morgan fingerprint density at radius 2 is 2.20 bits per heavy atom. The van der Waals surface area contributed by atoms with Crippen molar-refractivity contribution < 1.29 is 9.21 Å². The molecule has 0 aromatic carbocycles. The van der Waals surface area contributed by atoms with Crippen LogP contribution in [0.25, 0.3) is 0 Å². The van der Waals surface area contributed by atoms with Crippen molar-refractivity contribution in [2.45, 2.75) is 46.0 Å². The molecule has 2 heterocycles. The molecule has 0 spiro atoms. The summed E-state index contributed by atoms with van der Waals surface area (Å²) < 4.78 is 7.65. The lowest BCUT2D eigenvalue weighted by molar-refractivity contribution is 0.0991. The van der Waals surface area contributed by atoms with Crippen LogP contribution in [-0.4, -0.2) is 20.7 Å². The molecule has 0 N–H and O–H groups in total. The smallest absolute Gasteiger partial charge is 0.214 e. The zero-order chi connectivity index (χ0) is 14.9. The second-order valence-electron chi connectivity index (χ2n) is 4.93. The van der Waals surface area contributed by atoms with Crippen LogP contribution >= 0.6 is 11.6 Å². The first-order chi connectivity index (χ1) is 9.43. The molecular formula is C15H19ClN2O2. The number of aryl methyl sites for hydroxylation is 2. The maximum atomic E-state index is 12.0. The number of ketones is 1. The molecule has 0 saturated heterocycles. The third-order valence-corrected chi connectivity index (χ3v) is 3.64. The van der Waals surface area contributed by atoms with E-state index in [1.807, 2.05) is 31.4 Å². The molecule has 0 bridgehead atoms. The number of Topliss-reactive ketones (excluding diaryl/α,β-unsaturated/α-hetero) is 1. The second kappa shape index (κ2) is 5.83. The topological polar surface area (TPSA) is 48.0 Å². The SMILES string of the molecule is CCc1cnc(Cn2c(C)cc(C(=O)C(C)Cl)c2C)o1. The number of alkyl halides is 1. The quantitative estimate of drug-likeness (QED) is 0.626. The number of rotatable bonds is 5. The molecule has 0 amide bonds. The molecule has 0 fully saturated rings. The highest BCUT2D eigenvalue weighted by atomic mass is 35.5. The Hall–Kier alpha value is -1.55. The molecule has 0 aliphatic heterocycles. The van der Waals surface area contributed by atoms with E-state index in [0.29, 0.717) is 18.0 Å². The van der Waals surface area contributed by atoms with Gasteiger partial charge in [0.15, 0.2) is 5.78 Å². The molecule has 108 valence electrons. The van der Waals surface area contributed by atoms with E-state index in [1.165, 1.54) is 0 Å². The number of halogens is 1. The summed E-state index contributed by atoms with van der Waals surface area (Å²) in [6.07, 6.45) is 2.57. The van der Waals surface area contributed by atoms with E-state index >= 15 is 0 Å². The van der Waals surface area contributed by atoms with Crippen molar-refractivity contribution in [2.75, 3.05) is 0 Å². The van der Waals surface area contributed by atoms with Crippen LogP contribution < -0.4 is 0 Å². The van der Waals surface area contributed by atoms with Gasteiger partial charge < -0.3 is 8.98 Å². The molecule has 2 rings (SSSR count). The normalized spacial score (nSPS) is 12.7. The van der Waals surface area contributed by atoms with Crippen LogP contribution in [0.4, 0.5) is 0 Å². The lowest BCUT2D eigenvalue weighted by Crippen LogP contribution is -2.12. The monoisotopic (exact) mass is 294 g/mol. The van der Waals surface area contributed by atoms with Crippen molar-refractivity contribution in [1.82, 2.24) is 9.55 Å². The summed E-state index contributed by atoms with van der Waals surface area (Å²) in [7, 11) is 0. The third kappa shape index (κ3) is 2.80. The van der Waals surface area contributed by atoms with Crippen LogP contribution in [0.3, 0.4) is 0 Å². The fraction of sp³-hybridized carbons (Fsp3) is 0.467. The molecule has 0 saturated carbocycles. The number of carbonyl (C=O) groups is 1. The summed E-state index contributed by atoms with van der Waals surface area (Å²) in [5.74, 6) is 1.47. The van der Waals surface area contributed by atoms with Crippen LogP contribution in [0, 0.1) is 13.8 Å². The highest BCUT2D eigenvalue weighted by Crippen LogP contribution is 2.20. The molecule has 2 aromatic rings. The fourth-order valence-electron chi connectivity index (χ4n) is 2.23. The first kappa shape index (κ1) is 14.9. The average molecular weight is 295 g/mol. The maximum absolute atomic E-state index is 12.0. The number of nitrogens with zero attached hydrogens (tertiary/aromatic N) is 2. The van der Waals surface area contributed by atoms with E-state index in [-0.39, 0.29) is 5.78 Å². The van der Waals surface area contributed by atoms with Gasteiger partial charge in [-0.1, -0.05) is 6.92 Å². The molecule has 1 atom stereocenters. The first-order valence-electron chi connectivity index (χ1n) is 6.72. The third-order valence-electron chi connectivity index (χ3n) is 3.44. The predicted molar refractivity (Wildman–Crippen MR) is 78.5 cm³/mol. The van der Waals surface area contributed by atoms with Crippen molar-refractivity contribution in [2.24, 2.45) is 0 Å². The van der Waals surface area contributed by atoms with Gasteiger partial charge in [-0.05, 0) is 26.8 Å². The molecule has 4 nitrogen and oxygen atoms in total. The van der Waals surface area contributed by atoms with Crippen molar-refractivity contribution >= 4 is 17.4 Å². The molecule has 0 aliphatic carbocycles. The van der Waals surface area contributed by atoms with Gasteiger partial charge in [0.2, 0.25) is 5.89 Å². The zero-order valence-electron chi connectivity index (χ0n) is 12.2. The summed E-state index contributed by atoms with van der Waals surface area (Å²) >= 11 is 5.89. The Morgan fingerprint density at radius 1 is 1.50 bits per heavy atom. The van der Waals surface area contributed by atoms with Gasteiger partial charge in [-0.25, -0.2) is 4.98 Å². The van der Waals surface area contributed by atoms with Crippen LogP contribution in [-0.2, 0) is 13.0 Å². The van der Waals surface area contributed by atoms with E-state index in [2.05, 4.69) is 4.98 Å². The minimum Gasteiger partial charge on any atom is -0.444 e. The van der Waals surface area contributed by atoms with Crippen LogP contribution in [0.2, 0.25) is 0 Å². The Balaban J connectivity index is 2.31. The highest BCUT2D eigenvalue weighted by molar-refractivity contribution is 6.33. The van der Waals surface area contributed by atoms with Gasteiger partial charge in [-0.15, -0.1) is 11.6 Å². The van der Waals surface area contributed by atoms with Gasteiger partial charge in [0, 0.05) is 23.4 Å². The minimum atomic E-state index is -0.516. The van der Waals surface area contributed by atoms with Crippen LogP contribution in [0.15, 0.2) is 16.7 Å². The Kier molecular flexibility index (Phi) is 4.33. The average Bonchev–Trinajstić information content (AvgIpc) is 2.97. The Labute approximate surface area is 123 Å². The number of hydrogen-bond acceptors (Lipinski definition) is 3. The summed E-state index contributed by atoms with van der Waals surface area (Å²) in [6, 6.07) is 1.88. The largest absolute Gasteiger partial charge is 0.444 e. The van der Waals surface area contributed by atoms with Crippen molar-refractivity contribution in [3.05, 3.63) is 40.9 Å². The van der Waals surface area contributed by atoms with E-state index in [4.69, 9.17) is 16.0 Å². The van der Waals surface area contributed by atoms with E-state index in [1.54, 1.807) is 13.1 Å². The Bertz CT molecular complexity index is 626. The molecule has 5 heteroatoms.